The van der Waals surface area contributed by atoms with Crippen LogP contribution in [0.5, 0.6) is 5.75 Å². The number of carbonyl (C=O) groups excluding carboxylic acids is 1. The van der Waals surface area contributed by atoms with Gasteiger partial charge in [0.2, 0.25) is 0 Å². The molecule has 118 valence electrons. The third-order valence-corrected chi connectivity index (χ3v) is 2.73. The van der Waals surface area contributed by atoms with E-state index in [-0.39, 0.29) is 18.3 Å². The normalized spacial score (nSPS) is 9.95. The molecule has 2 rings (SSSR count). The lowest BCUT2D eigenvalue weighted by Gasteiger charge is -2.13. The number of nitrogens with zero attached hydrogens (tertiary/aromatic N) is 1. The topological polar surface area (TPSA) is 77.2 Å². The number of carbonyl (C=O) groups is 1. The molecule has 1 aromatic carbocycles. The maximum atomic E-state index is 12.1. The van der Waals surface area contributed by atoms with Gasteiger partial charge in [-0.25, -0.2) is 4.98 Å². The Balaban J connectivity index is 0.00000242. The van der Waals surface area contributed by atoms with Gasteiger partial charge in [0.25, 0.3) is 5.91 Å². The molecule has 22 heavy (non-hydrogen) atoms. The summed E-state index contributed by atoms with van der Waals surface area (Å²) >= 11 is 0. The molecule has 0 bridgehead atoms. The van der Waals surface area contributed by atoms with Gasteiger partial charge in [0.05, 0.1) is 24.2 Å². The number of nitrogens with one attached hydrogen (secondary N) is 1. The minimum absolute atomic E-state index is 0. The first kappa shape index (κ1) is 17.8. The molecule has 5 nitrogen and oxygen atoms in total. The van der Waals surface area contributed by atoms with Gasteiger partial charge in [-0.15, -0.1) is 12.4 Å². The van der Waals surface area contributed by atoms with E-state index >= 15 is 0 Å². The Morgan fingerprint density at radius 2 is 2.00 bits per heavy atom. The Morgan fingerprint density at radius 1 is 1.27 bits per heavy atom. The third-order valence-electron chi connectivity index (χ3n) is 2.73. The molecule has 1 aromatic heterocycles. The number of amides is 1. The average molecular weight is 322 g/mol. The van der Waals surface area contributed by atoms with Crippen LogP contribution >= 0.6 is 12.4 Å². The monoisotopic (exact) mass is 321 g/mol. The molecule has 0 saturated carbocycles. The van der Waals surface area contributed by atoms with Crippen molar-refractivity contribution in [3.63, 3.8) is 0 Å². The molecule has 0 radical (unpaired) electrons. The van der Waals surface area contributed by atoms with E-state index < -0.39 is 0 Å². The molecule has 0 fully saturated rings. The van der Waals surface area contributed by atoms with Gasteiger partial charge in [0.1, 0.15) is 11.4 Å². The van der Waals surface area contributed by atoms with Crippen molar-refractivity contribution in [1.82, 2.24) is 4.98 Å². The first-order chi connectivity index (χ1) is 10.1. The molecular weight excluding hydrogens is 302 g/mol. The van der Waals surface area contributed by atoms with Crippen molar-refractivity contribution < 1.29 is 9.53 Å². The van der Waals surface area contributed by atoms with Crippen LogP contribution in [-0.4, -0.2) is 17.5 Å². The predicted octanol–water partition coefficient (Wildman–Crippen LogP) is 3.37. The summed E-state index contributed by atoms with van der Waals surface area (Å²) in [5.74, 6) is 0.762. The molecule has 6 heteroatoms. The Bertz CT molecular complexity index is 615. The summed E-state index contributed by atoms with van der Waals surface area (Å²) < 4.78 is 5.70. The van der Waals surface area contributed by atoms with Gasteiger partial charge >= 0.3 is 0 Å². The minimum Gasteiger partial charge on any atom is -0.491 e. The number of pyridine rings is 1. The molecule has 0 aliphatic heterocycles. The molecule has 0 unspecified atom stereocenters. The maximum absolute atomic E-state index is 12.1. The number of hydrogen-bond donors (Lipinski definition) is 2. The zero-order chi connectivity index (χ0) is 15.2. The van der Waals surface area contributed by atoms with Gasteiger partial charge in [0, 0.05) is 0 Å². The highest BCUT2D eigenvalue weighted by Gasteiger charge is 2.11. The summed E-state index contributed by atoms with van der Waals surface area (Å²) in [7, 11) is 0. The number of para-hydroxylation sites is 2. The Kier molecular flexibility index (Phi) is 6.66. The largest absolute Gasteiger partial charge is 0.491 e. The highest BCUT2D eigenvalue weighted by molar-refractivity contribution is 6.03. The molecule has 3 N–H and O–H groups in total. The summed E-state index contributed by atoms with van der Waals surface area (Å²) in [4.78, 5) is 16.1. The van der Waals surface area contributed by atoms with Gasteiger partial charge in [0.15, 0.2) is 0 Å². The Hall–Kier alpha value is -2.27. The SMILES string of the molecule is CC(C)COc1ccccc1NC(=O)c1ccc(N)cn1.Cl. The first-order valence-corrected chi connectivity index (χ1v) is 6.81. The van der Waals surface area contributed by atoms with Gasteiger partial charge in [-0.1, -0.05) is 26.0 Å². The van der Waals surface area contributed by atoms with Gasteiger partial charge in [-0.3, -0.25) is 4.79 Å². The fraction of sp³-hybridized carbons (Fsp3) is 0.250. The number of rotatable bonds is 5. The number of aromatic nitrogens is 1. The number of benzene rings is 1. The van der Waals surface area contributed by atoms with Gasteiger partial charge in [-0.2, -0.15) is 0 Å². The van der Waals surface area contributed by atoms with E-state index in [9.17, 15) is 4.79 Å². The number of halogens is 1. The Morgan fingerprint density at radius 3 is 2.64 bits per heavy atom. The molecular formula is C16H20ClN3O2. The van der Waals surface area contributed by atoms with Gasteiger partial charge in [-0.05, 0) is 30.2 Å². The van der Waals surface area contributed by atoms with E-state index in [2.05, 4.69) is 24.1 Å². The highest BCUT2D eigenvalue weighted by Crippen LogP contribution is 2.24. The van der Waals surface area contributed by atoms with Crippen LogP contribution in [0, 0.1) is 5.92 Å². The summed E-state index contributed by atoms with van der Waals surface area (Å²) in [5, 5.41) is 2.80. The summed E-state index contributed by atoms with van der Waals surface area (Å²) in [6.45, 7) is 4.73. The zero-order valence-electron chi connectivity index (χ0n) is 12.6. The average Bonchev–Trinajstić information content (AvgIpc) is 2.47. The van der Waals surface area contributed by atoms with Crippen LogP contribution in [0.15, 0.2) is 42.6 Å². The number of anilines is 2. The Labute approximate surface area is 136 Å². The van der Waals surface area contributed by atoms with Crippen LogP contribution in [0.1, 0.15) is 24.3 Å². The van der Waals surface area contributed by atoms with Crippen molar-refractivity contribution in [3.8, 4) is 5.75 Å². The van der Waals surface area contributed by atoms with Crippen molar-refractivity contribution in [2.75, 3.05) is 17.7 Å². The number of ether oxygens (including phenoxy) is 1. The van der Waals surface area contributed by atoms with E-state index in [1.165, 1.54) is 6.20 Å². The van der Waals surface area contributed by atoms with E-state index in [1.807, 2.05) is 18.2 Å². The van der Waals surface area contributed by atoms with Crippen LogP contribution in [0.4, 0.5) is 11.4 Å². The molecule has 0 spiro atoms. The van der Waals surface area contributed by atoms with Crippen LogP contribution in [-0.2, 0) is 0 Å². The molecule has 0 aliphatic rings. The fourth-order valence-corrected chi connectivity index (χ4v) is 1.68. The van der Waals surface area contributed by atoms with Crippen molar-refractivity contribution in [2.45, 2.75) is 13.8 Å². The second kappa shape index (κ2) is 8.24. The van der Waals surface area contributed by atoms with Crippen molar-refractivity contribution in [1.29, 1.82) is 0 Å². The molecule has 1 heterocycles. The van der Waals surface area contributed by atoms with Crippen molar-refractivity contribution >= 4 is 29.7 Å². The standard InChI is InChI=1S/C16H19N3O2.ClH/c1-11(2)10-21-15-6-4-3-5-13(15)19-16(20)14-8-7-12(17)9-18-14;/h3-9,11H,10,17H2,1-2H3,(H,19,20);1H. The van der Waals surface area contributed by atoms with E-state index in [1.54, 1.807) is 18.2 Å². The first-order valence-electron chi connectivity index (χ1n) is 6.81. The van der Waals surface area contributed by atoms with Crippen LogP contribution in [0.25, 0.3) is 0 Å². The molecule has 0 saturated heterocycles. The summed E-state index contributed by atoms with van der Waals surface area (Å²) in [6, 6.07) is 10.6. The molecule has 0 atom stereocenters. The highest BCUT2D eigenvalue weighted by atomic mass is 35.5. The molecule has 2 aromatic rings. The van der Waals surface area contributed by atoms with E-state index in [4.69, 9.17) is 10.5 Å². The molecule has 1 amide bonds. The van der Waals surface area contributed by atoms with E-state index in [0.717, 1.165) is 0 Å². The minimum atomic E-state index is -0.296. The number of nitrogen functional groups attached to an aromatic ring is 1. The second-order valence-corrected chi connectivity index (χ2v) is 5.13. The number of hydrogen-bond acceptors (Lipinski definition) is 4. The third kappa shape index (κ3) is 4.93. The van der Waals surface area contributed by atoms with Crippen LogP contribution in [0.3, 0.4) is 0 Å². The lowest BCUT2D eigenvalue weighted by Crippen LogP contribution is -2.15. The lowest BCUT2D eigenvalue weighted by molar-refractivity contribution is 0.102. The lowest BCUT2D eigenvalue weighted by atomic mass is 10.2. The summed E-state index contributed by atoms with van der Waals surface area (Å²) in [5.41, 5.74) is 7.01. The quantitative estimate of drug-likeness (QED) is 0.885. The second-order valence-electron chi connectivity index (χ2n) is 5.13. The zero-order valence-corrected chi connectivity index (χ0v) is 13.4. The smallest absolute Gasteiger partial charge is 0.274 e. The maximum Gasteiger partial charge on any atom is 0.274 e. The van der Waals surface area contributed by atoms with Crippen LogP contribution < -0.4 is 15.8 Å². The summed E-state index contributed by atoms with van der Waals surface area (Å²) in [6.07, 6.45) is 1.45. The van der Waals surface area contributed by atoms with Gasteiger partial charge < -0.3 is 15.8 Å². The van der Waals surface area contributed by atoms with Crippen LogP contribution in [0.2, 0.25) is 0 Å². The molecule has 0 aliphatic carbocycles. The van der Waals surface area contributed by atoms with E-state index in [0.29, 0.717) is 35.3 Å². The predicted molar refractivity (Wildman–Crippen MR) is 90.6 cm³/mol. The van der Waals surface area contributed by atoms with Crippen molar-refractivity contribution in [3.05, 3.63) is 48.3 Å². The fourth-order valence-electron chi connectivity index (χ4n) is 1.68. The number of nitrogens with two attached hydrogens (primary N) is 1. The van der Waals surface area contributed by atoms with Crippen molar-refractivity contribution in [2.24, 2.45) is 5.92 Å².